The fraction of sp³-hybridized carbons (Fsp3) is 0.375. The summed E-state index contributed by atoms with van der Waals surface area (Å²) in [6, 6.07) is 7.43. The second-order valence-electron chi connectivity index (χ2n) is 5.37. The van der Waals surface area contributed by atoms with E-state index in [-0.39, 0.29) is 5.91 Å². The van der Waals surface area contributed by atoms with Crippen LogP contribution in [0.5, 0.6) is 0 Å². The molecule has 2 aromatic rings. The highest BCUT2D eigenvalue weighted by Gasteiger charge is 2.21. The topological polar surface area (TPSA) is 67.2 Å². The SMILES string of the molecule is O=C(NCc1ccccc1Cl)c1coc(C2CCNCC2)n1. The van der Waals surface area contributed by atoms with Gasteiger partial charge < -0.3 is 15.1 Å². The van der Waals surface area contributed by atoms with Crippen LogP contribution in [0.25, 0.3) is 0 Å². The van der Waals surface area contributed by atoms with E-state index in [2.05, 4.69) is 15.6 Å². The Morgan fingerprint density at radius 3 is 2.91 bits per heavy atom. The lowest BCUT2D eigenvalue weighted by molar-refractivity contribution is 0.0946. The predicted molar refractivity (Wildman–Crippen MR) is 84.0 cm³/mol. The molecule has 116 valence electrons. The minimum Gasteiger partial charge on any atom is -0.448 e. The van der Waals surface area contributed by atoms with Crippen molar-refractivity contribution in [2.75, 3.05) is 13.1 Å². The van der Waals surface area contributed by atoms with Crippen LogP contribution in [0, 0.1) is 0 Å². The second-order valence-corrected chi connectivity index (χ2v) is 5.78. The largest absolute Gasteiger partial charge is 0.448 e. The van der Waals surface area contributed by atoms with Crippen molar-refractivity contribution in [3.8, 4) is 0 Å². The van der Waals surface area contributed by atoms with Crippen LogP contribution in [-0.2, 0) is 6.54 Å². The van der Waals surface area contributed by atoms with Gasteiger partial charge in [0.1, 0.15) is 6.26 Å². The van der Waals surface area contributed by atoms with Gasteiger partial charge in [0.25, 0.3) is 5.91 Å². The molecule has 1 aliphatic heterocycles. The molecule has 1 aliphatic rings. The number of carbonyl (C=O) groups is 1. The second kappa shape index (κ2) is 6.94. The maximum absolute atomic E-state index is 12.1. The number of carbonyl (C=O) groups excluding carboxylic acids is 1. The molecule has 1 amide bonds. The van der Waals surface area contributed by atoms with Crippen molar-refractivity contribution in [2.45, 2.75) is 25.3 Å². The summed E-state index contributed by atoms with van der Waals surface area (Å²) in [5.41, 5.74) is 1.19. The maximum Gasteiger partial charge on any atom is 0.273 e. The van der Waals surface area contributed by atoms with Gasteiger partial charge in [-0.3, -0.25) is 4.79 Å². The minimum absolute atomic E-state index is 0.246. The van der Waals surface area contributed by atoms with Gasteiger partial charge in [-0.15, -0.1) is 0 Å². The van der Waals surface area contributed by atoms with Gasteiger partial charge in [-0.05, 0) is 37.6 Å². The summed E-state index contributed by atoms with van der Waals surface area (Å²) in [5.74, 6) is 0.708. The Morgan fingerprint density at radius 2 is 2.14 bits per heavy atom. The van der Waals surface area contributed by atoms with Crippen LogP contribution in [-0.4, -0.2) is 24.0 Å². The van der Waals surface area contributed by atoms with Crippen molar-refractivity contribution in [1.29, 1.82) is 0 Å². The van der Waals surface area contributed by atoms with Crippen LogP contribution >= 0.6 is 11.6 Å². The van der Waals surface area contributed by atoms with Gasteiger partial charge in [0.2, 0.25) is 0 Å². The number of rotatable bonds is 4. The van der Waals surface area contributed by atoms with E-state index in [1.807, 2.05) is 18.2 Å². The Hall–Kier alpha value is -1.85. The molecule has 2 N–H and O–H groups in total. The van der Waals surface area contributed by atoms with Gasteiger partial charge in [0, 0.05) is 17.5 Å². The van der Waals surface area contributed by atoms with E-state index in [1.165, 1.54) is 6.26 Å². The van der Waals surface area contributed by atoms with Gasteiger partial charge in [0.15, 0.2) is 11.6 Å². The fourth-order valence-electron chi connectivity index (χ4n) is 2.56. The lowest BCUT2D eigenvalue weighted by Crippen LogP contribution is -2.27. The van der Waals surface area contributed by atoms with Gasteiger partial charge in [-0.1, -0.05) is 29.8 Å². The molecular weight excluding hydrogens is 302 g/mol. The normalized spacial score (nSPS) is 15.7. The van der Waals surface area contributed by atoms with Crippen LogP contribution in [0.1, 0.15) is 40.7 Å². The third kappa shape index (κ3) is 3.48. The first-order valence-electron chi connectivity index (χ1n) is 7.42. The molecule has 1 aromatic carbocycles. The summed E-state index contributed by atoms with van der Waals surface area (Å²) in [5, 5.41) is 6.75. The third-order valence-electron chi connectivity index (χ3n) is 3.84. The first kappa shape index (κ1) is 15.1. The molecule has 6 heteroatoms. The van der Waals surface area contributed by atoms with Gasteiger partial charge in [0.05, 0.1) is 0 Å². The smallest absolute Gasteiger partial charge is 0.273 e. The first-order valence-corrected chi connectivity index (χ1v) is 7.79. The number of aromatic nitrogens is 1. The zero-order valence-corrected chi connectivity index (χ0v) is 12.9. The van der Waals surface area contributed by atoms with E-state index < -0.39 is 0 Å². The molecule has 0 atom stereocenters. The molecule has 1 saturated heterocycles. The number of hydrogen-bond acceptors (Lipinski definition) is 4. The standard InChI is InChI=1S/C16H18ClN3O2/c17-13-4-2-1-3-12(13)9-19-15(21)14-10-22-16(20-14)11-5-7-18-8-6-11/h1-4,10-11,18H,5-9H2,(H,19,21). The molecule has 5 nitrogen and oxygen atoms in total. The molecule has 0 radical (unpaired) electrons. The average molecular weight is 320 g/mol. The number of oxazole rings is 1. The Morgan fingerprint density at radius 1 is 1.36 bits per heavy atom. The highest BCUT2D eigenvalue weighted by molar-refractivity contribution is 6.31. The molecular formula is C16H18ClN3O2. The maximum atomic E-state index is 12.1. The van der Waals surface area contributed by atoms with Crippen LogP contribution in [0.15, 0.2) is 34.9 Å². The zero-order valence-electron chi connectivity index (χ0n) is 12.1. The quantitative estimate of drug-likeness (QED) is 0.909. The Labute approximate surface area is 134 Å². The first-order chi connectivity index (χ1) is 10.7. The summed E-state index contributed by atoms with van der Waals surface area (Å²) >= 11 is 6.07. The van der Waals surface area contributed by atoms with Gasteiger partial charge in [-0.2, -0.15) is 0 Å². The van der Waals surface area contributed by atoms with Crippen molar-refractivity contribution in [1.82, 2.24) is 15.6 Å². The number of amides is 1. The summed E-state index contributed by atoms with van der Waals surface area (Å²) in [4.78, 5) is 16.5. The monoisotopic (exact) mass is 319 g/mol. The molecule has 0 bridgehead atoms. The Balaban J connectivity index is 1.61. The number of nitrogens with zero attached hydrogens (tertiary/aromatic N) is 1. The van der Waals surface area contributed by atoms with Crippen LogP contribution in [0.4, 0.5) is 0 Å². The van der Waals surface area contributed by atoms with E-state index in [9.17, 15) is 4.79 Å². The summed E-state index contributed by atoms with van der Waals surface area (Å²) in [7, 11) is 0. The predicted octanol–water partition coefficient (Wildman–Crippen LogP) is 2.73. The van der Waals surface area contributed by atoms with E-state index in [4.69, 9.17) is 16.0 Å². The number of hydrogen-bond donors (Lipinski definition) is 2. The van der Waals surface area contributed by atoms with E-state index in [0.29, 0.717) is 29.1 Å². The van der Waals surface area contributed by atoms with Gasteiger partial charge >= 0.3 is 0 Å². The molecule has 1 aromatic heterocycles. The highest BCUT2D eigenvalue weighted by atomic mass is 35.5. The van der Waals surface area contributed by atoms with Crippen molar-refractivity contribution in [2.24, 2.45) is 0 Å². The Bertz CT molecular complexity index is 650. The summed E-state index contributed by atoms with van der Waals surface area (Å²) in [6.45, 7) is 2.29. The van der Waals surface area contributed by atoms with Crippen molar-refractivity contribution in [3.05, 3.63) is 52.7 Å². The number of benzene rings is 1. The lowest BCUT2D eigenvalue weighted by Gasteiger charge is -2.19. The fourth-order valence-corrected chi connectivity index (χ4v) is 2.76. The van der Waals surface area contributed by atoms with E-state index in [1.54, 1.807) is 6.07 Å². The lowest BCUT2D eigenvalue weighted by atomic mass is 9.98. The summed E-state index contributed by atoms with van der Waals surface area (Å²) < 4.78 is 5.48. The average Bonchev–Trinajstić information content (AvgIpc) is 3.05. The van der Waals surface area contributed by atoms with Crippen LogP contribution in [0.3, 0.4) is 0 Å². The molecule has 0 aliphatic carbocycles. The molecule has 3 rings (SSSR count). The third-order valence-corrected chi connectivity index (χ3v) is 4.21. The Kier molecular flexibility index (Phi) is 4.75. The number of nitrogens with one attached hydrogen (secondary N) is 2. The number of halogens is 1. The molecule has 0 spiro atoms. The number of piperidine rings is 1. The van der Waals surface area contributed by atoms with Crippen molar-refractivity contribution >= 4 is 17.5 Å². The van der Waals surface area contributed by atoms with Crippen LogP contribution in [0.2, 0.25) is 5.02 Å². The molecule has 2 heterocycles. The van der Waals surface area contributed by atoms with E-state index >= 15 is 0 Å². The summed E-state index contributed by atoms with van der Waals surface area (Å²) in [6.07, 6.45) is 3.40. The van der Waals surface area contributed by atoms with E-state index in [0.717, 1.165) is 31.5 Å². The molecule has 0 saturated carbocycles. The zero-order chi connectivity index (χ0) is 15.4. The highest BCUT2D eigenvalue weighted by Crippen LogP contribution is 2.24. The van der Waals surface area contributed by atoms with Gasteiger partial charge in [-0.25, -0.2) is 4.98 Å². The minimum atomic E-state index is -0.246. The van der Waals surface area contributed by atoms with Crippen LogP contribution < -0.4 is 10.6 Å². The molecule has 22 heavy (non-hydrogen) atoms. The van der Waals surface area contributed by atoms with Crippen molar-refractivity contribution in [3.63, 3.8) is 0 Å². The molecule has 0 unspecified atom stereocenters. The molecule has 1 fully saturated rings. The van der Waals surface area contributed by atoms with Crippen molar-refractivity contribution < 1.29 is 9.21 Å².